The van der Waals surface area contributed by atoms with E-state index >= 15 is 0 Å². The highest BCUT2D eigenvalue weighted by atomic mass is 35.5. The number of hydrogen-bond donors (Lipinski definition) is 1. The first-order valence-electron chi connectivity index (χ1n) is 5.35. The van der Waals surface area contributed by atoms with Gasteiger partial charge in [-0.15, -0.1) is 0 Å². The number of anilines is 1. The van der Waals surface area contributed by atoms with E-state index in [0.29, 0.717) is 5.92 Å². The largest absolute Gasteiger partial charge is 0.383 e. The molecular weight excluding hydrogens is 194 g/mol. The lowest BCUT2D eigenvalue weighted by Crippen LogP contribution is -2.01. The van der Waals surface area contributed by atoms with Crippen molar-refractivity contribution in [2.75, 3.05) is 11.9 Å². The van der Waals surface area contributed by atoms with Crippen molar-refractivity contribution in [3.8, 4) is 0 Å². The van der Waals surface area contributed by atoms with Crippen LogP contribution in [0.2, 0.25) is 5.02 Å². The summed E-state index contributed by atoms with van der Waals surface area (Å²) >= 11 is 6.11. The molecule has 0 radical (unpaired) electrons. The number of halogens is 1. The molecule has 0 bridgehead atoms. The lowest BCUT2D eigenvalue weighted by atomic mass is 9.96. The number of benzene rings is 1. The molecule has 0 amide bonds. The molecule has 1 unspecified atom stereocenters. The molecule has 1 heterocycles. The molecule has 0 aromatic heterocycles. The second-order valence-electron chi connectivity index (χ2n) is 3.92. The van der Waals surface area contributed by atoms with Crippen LogP contribution >= 0.6 is 11.6 Å². The molecular formula is C12H16ClN. The second kappa shape index (κ2) is 4.22. The van der Waals surface area contributed by atoms with Gasteiger partial charge in [0.25, 0.3) is 0 Å². The summed E-state index contributed by atoms with van der Waals surface area (Å²) in [5.74, 6) is 0.670. The number of nitrogens with one attached hydrogen (secondary N) is 1. The van der Waals surface area contributed by atoms with Crippen molar-refractivity contribution in [3.63, 3.8) is 0 Å². The molecule has 76 valence electrons. The third-order valence-corrected chi connectivity index (χ3v) is 3.23. The van der Waals surface area contributed by atoms with Crippen molar-refractivity contribution in [3.05, 3.63) is 28.8 Å². The van der Waals surface area contributed by atoms with Crippen molar-refractivity contribution >= 4 is 17.3 Å². The molecule has 1 aliphatic rings. The highest BCUT2D eigenvalue weighted by Crippen LogP contribution is 2.38. The molecule has 2 heteroatoms. The molecule has 1 aromatic rings. The number of fused-ring (bicyclic) bond motifs is 1. The third kappa shape index (κ3) is 1.74. The van der Waals surface area contributed by atoms with E-state index in [1.807, 2.05) is 12.1 Å². The minimum absolute atomic E-state index is 0.670. The molecule has 1 N–H and O–H groups in total. The average Bonchev–Trinajstić information content (AvgIpc) is 2.60. The maximum Gasteiger partial charge on any atom is 0.0640 e. The lowest BCUT2D eigenvalue weighted by Gasteiger charge is -2.08. The Morgan fingerprint density at radius 3 is 3.14 bits per heavy atom. The monoisotopic (exact) mass is 209 g/mol. The molecule has 0 saturated carbocycles. The van der Waals surface area contributed by atoms with Crippen LogP contribution in [-0.4, -0.2) is 6.54 Å². The van der Waals surface area contributed by atoms with Crippen LogP contribution in [0.1, 0.15) is 37.7 Å². The Morgan fingerprint density at radius 2 is 2.36 bits per heavy atom. The first kappa shape index (κ1) is 9.85. The van der Waals surface area contributed by atoms with Crippen molar-refractivity contribution in [2.24, 2.45) is 0 Å². The molecule has 1 atom stereocenters. The van der Waals surface area contributed by atoms with Gasteiger partial charge < -0.3 is 5.32 Å². The fraction of sp³-hybridized carbons (Fsp3) is 0.500. The minimum Gasteiger partial charge on any atom is -0.383 e. The standard InChI is InChI=1S/C12H16ClN/c1-2-3-5-9-8-14-12-10(9)6-4-7-11(12)13/h4,6-7,9,14H,2-3,5,8H2,1H3. The molecule has 0 spiro atoms. The SMILES string of the molecule is CCCCC1CNc2c(Cl)cccc21. The smallest absolute Gasteiger partial charge is 0.0640 e. The average molecular weight is 210 g/mol. The molecule has 1 nitrogen and oxygen atoms in total. The molecule has 1 aliphatic heterocycles. The van der Waals surface area contributed by atoms with Gasteiger partial charge in [0.2, 0.25) is 0 Å². The van der Waals surface area contributed by atoms with Crippen molar-refractivity contribution in [2.45, 2.75) is 32.1 Å². The summed E-state index contributed by atoms with van der Waals surface area (Å²) in [7, 11) is 0. The van der Waals surface area contributed by atoms with E-state index < -0.39 is 0 Å². The van der Waals surface area contributed by atoms with Gasteiger partial charge in [0, 0.05) is 12.5 Å². The van der Waals surface area contributed by atoms with Gasteiger partial charge >= 0.3 is 0 Å². The van der Waals surface area contributed by atoms with Crippen LogP contribution in [-0.2, 0) is 0 Å². The highest BCUT2D eigenvalue weighted by Gasteiger charge is 2.22. The predicted molar refractivity (Wildman–Crippen MR) is 62.2 cm³/mol. The number of unbranched alkanes of at least 4 members (excludes halogenated alkanes) is 1. The molecule has 2 rings (SSSR count). The Morgan fingerprint density at radius 1 is 1.50 bits per heavy atom. The third-order valence-electron chi connectivity index (χ3n) is 2.92. The van der Waals surface area contributed by atoms with Gasteiger partial charge in [-0.25, -0.2) is 0 Å². The number of hydrogen-bond acceptors (Lipinski definition) is 1. The van der Waals surface area contributed by atoms with Gasteiger partial charge in [-0.2, -0.15) is 0 Å². The zero-order valence-corrected chi connectivity index (χ0v) is 9.27. The summed E-state index contributed by atoms with van der Waals surface area (Å²) in [5, 5.41) is 4.26. The summed E-state index contributed by atoms with van der Waals surface area (Å²) in [6, 6.07) is 6.20. The molecule has 0 aliphatic carbocycles. The highest BCUT2D eigenvalue weighted by molar-refractivity contribution is 6.33. The molecule has 14 heavy (non-hydrogen) atoms. The first-order valence-corrected chi connectivity index (χ1v) is 5.73. The summed E-state index contributed by atoms with van der Waals surface area (Å²) in [5.41, 5.74) is 2.57. The van der Waals surface area contributed by atoms with Gasteiger partial charge in [0.05, 0.1) is 10.7 Å². The zero-order valence-electron chi connectivity index (χ0n) is 8.52. The van der Waals surface area contributed by atoms with Crippen LogP contribution in [0.25, 0.3) is 0 Å². The van der Waals surface area contributed by atoms with Crippen molar-refractivity contribution in [1.82, 2.24) is 0 Å². The Kier molecular flexibility index (Phi) is 2.97. The Bertz CT molecular complexity index is 322. The van der Waals surface area contributed by atoms with Crippen LogP contribution in [0.3, 0.4) is 0 Å². The van der Waals surface area contributed by atoms with E-state index in [9.17, 15) is 0 Å². The van der Waals surface area contributed by atoms with Gasteiger partial charge in [-0.1, -0.05) is 43.5 Å². The molecule has 1 aromatic carbocycles. The number of rotatable bonds is 3. The molecule has 0 fully saturated rings. The van der Waals surface area contributed by atoms with E-state index in [4.69, 9.17) is 11.6 Å². The Hall–Kier alpha value is -0.690. The van der Waals surface area contributed by atoms with Gasteiger partial charge in [-0.3, -0.25) is 0 Å². The Labute approximate surface area is 90.5 Å². The van der Waals surface area contributed by atoms with Crippen LogP contribution in [0.4, 0.5) is 5.69 Å². The van der Waals surface area contributed by atoms with Gasteiger partial charge in [0.15, 0.2) is 0 Å². The Balaban J connectivity index is 2.18. The summed E-state index contributed by atoms with van der Waals surface area (Å²) in [4.78, 5) is 0. The van der Waals surface area contributed by atoms with E-state index in [1.165, 1.54) is 24.8 Å². The number of para-hydroxylation sites is 1. The van der Waals surface area contributed by atoms with Crippen LogP contribution in [0.5, 0.6) is 0 Å². The normalized spacial score (nSPS) is 19.1. The summed E-state index contributed by atoms with van der Waals surface area (Å²) < 4.78 is 0. The fourth-order valence-corrected chi connectivity index (χ4v) is 2.36. The van der Waals surface area contributed by atoms with Crippen LogP contribution < -0.4 is 5.32 Å². The van der Waals surface area contributed by atoms with E-state index in [2.05, 4.69) is 18.3 Å². The van der Waals surface area contributed by atoms with Crippen LogP contribution in [0, 0.1) is 0 Å². The first-order chi connectivity index (χ1) is 6.83. The quantitative estimate of drug-likeness (QED) is 0.793. The zero-order chi connectivity index (χ0) is 9.97. The second-order valence-corrected chi connectivity index (χ2v) is 4.33. The maximum absolute atomic E-state index is 6.11. The lowest BCUT2D eigenvalue weighted by molar-refractivity contribution is 0.622. The van der Waals surface area contributed by atoms with Crippen molar-refractivity contribution in [1.29, 1.82) is 0 Å². The van der Waals surface area contributed by atoms with E-state index in [-0.39, 0.29) is 0 Å². The molecule has 0 saturated heterocycles. The summed E-state index contributed by atoms with van der Waals surface area (Å²) in [6.07, 6.45) is 3.85. The van der Waals surface area contributed by atoms with Gasteiger partial charge in [-0.05, 0) is 18.1 Å². The van der Waals surface area contributed by atoms with E-state index in [0.717, 1.165) is 17.3 Å². The van der Waals surface area contributed by atoms with Gasteiger partial charge in [0.1, 0.15) is 0 Å². The topological polar surface area (TPSA) is 12.0 Å². The van der Waals surface area contributed by atoms with Crippen LogP contribution in [0.15, 0.2) is 18.2 Å². The minimum atomic E-state index is 0.670. The maximum atomic E-state index is 6.11. The van der Waals surface area contributed by atoms with Crippen molar-refractivity contribution < 1.29 is 0 Å². The predicted octanol–water partition coefficient (Wildman–Crippen LogP) is 4.04. The summed E-state index contributed by atoms with van der Waals surface area (Å²) in [6.45, 7) is 3.29. The fourth-order valence-electron chi connectivity index (χ4n) is 2.11. The van der Waals surface area contributed by atoms with E-state index in [1.54, 1.807) is 0 Å².